The molecule has 3 nitrogen and oxygen atoms in total. The zero-order chi connectivity index (χ0) is 11.4. The van der Waals surface area contributed by atoms with Crippen LogP contribution in [0.3, 0.4) is 0 Å². The van der Waals surface area contributed by atoms with Gasteiger partial charge in [-0.05, 0) is 6.92 Å². The van der Waals surface area contributed by atoms with Crippen molar-refractivity contribution in [2.24, 2.45) is 0 Å². The fourth-order valence-corrected chi connectivity index (χ4v) is 1.18. The van der Waals surface area contributed by atoms with Crippen LogP contribution in [0.5, 0.6) is 0 Å². The van der Waals surface area contributed by atoms with Crippen LogP contribution in [0.15, 0.2) is 0 Å². The van der Waals surface area contributed by atoms with Crippen LogP contribution in [-0.2, 0) is 14.3 Å². The van der Waals surface area contributed by atoms with Gasteiger partial charge in [0.05, 0.1) is 17.9 Å². The molecule has 1 unspecified atom stereocenters. The molecule has 0 amide bonds. The summed E-state index contributed by atoms with van der Waals surface area (Å²) >= 11 is 2.48. The minimum atomic E-state index is -4.49. The Balaban J connectivity index is 4.19. The molecule has 0 fully saturated rings. The molecule has 0 spiro atoms. The van der Waals surface area contributed by atoms with Crippen LogP contribution in [-0.4, -0.2) is 29.4 Å². The second-order valence-corrected chi connectivity index (χ2v) is 3.48. The van der Waals surface area contributed by atoms with Gasteiger partial charge >= 0.3 is 12.1 Å². The molecule has 0 radical (unpaired) electrons. The summed E-state index contributed by atoms with van der Waals surface area (Å²) in [5.41, 5.74) is 0. The molecule has 0 aromatic rings. The van der Waals surface area contributed by atoms with E-state index in [4.69, 9.17) is 0 Å². The van der Waals surface area contributed by atoms with Crippen molar-refractivity contribution in [1.29, 1.82) is 0 Å². The Labute approximate surface area is 86.7 Å². The Bertz CT molecular complexity index is 227. The molecule has 0 aliphatic heterocycles. The van der Waals surface area contributed by atoms with Gasteiger partial charge in [0.1, 0.15) is 0 Å². The first-order valence-electron chi connectivity index (χ1n) is 3.69. The number of hydrogen-bond donors (Lipinski definition) is 0. The predicted molar refractivity (Wildman–Crippen MR) is 45.0 cm³/mol. The molecule has 0 N–H and O–H groups in total. The average Bonchev–Trinajstić information content (AvgIpc) is 2.00. The highest BCUT2D eigenvalue weighted by Crippen LogP contribution is 2.25. The number of carbonyl (C=O) groups is 2. The molecule has 0 aliphatic carbocycles. The van der Waals surface area contributed by atoms with Crippen molar-refractivity contribution in [3.8, 4) is 0 Å². The van der Waals surface area contributed by atoms with E-state index in [-0.39, 0.29) is 6.61 Å². The minimum absolute atomic E-state index is 0.0453. The van der Waals surface area contributed by atoms with Crippen LogP contribution in [0.4, 0.5) is 13.2 Å². The molecule has 14 heavy (non-hydrogen) atoms. The van der Waals surface area contributed by atoms with E-state index < -0.39 is 29.2 Å². The number of halogens is 4. The third-order valence-electron chi connectivity index (χ3n) is 1.17. The van der Waals surface area contributed by atoms with Crippen LogP contribution in [0.2, 0.25) is 0 Å². The molecule has 1 atom stereocenters. The predicted octanol–water partition coefficient (Wildman–Crippen LogP) is 1.83. The summed E-state index contributed by atoms with van der Waals surface area (Å²) in [4.78, 5) is 20.0. The summed E-state index contributed by atoms with van der Waals surface area (Å²) in [6.45, 7) is 1.41. The molecule has 0 bridgehead atoms. The molecule has 0 rings (SSSR count). The summed E-state index contributed by atoms with van der Waals surface area (Å²) in [5, 5.41) is 0. The molecule has 0 saturated heterocycles. The second-order valence-electron chi connectivity index (χ2n) is 2.37. The molecule has 82 valence electrons. The van der Waals surface area contributed by atoms with Crippen molar-refractivity contribution < 1.29 is 27.5 Å². The van der Waals surface area contributed by atoms with Gasteiger partial charge in [-0.2, -0.15) is 13.2 Å². The molecular formula is C7H8BrF3O3. The number of ether oxygens (including phenoxy) is 1. The van der Waals surface area contributed by atoms with Crippen LogP contribution in [0, 0.1) is 0 Å². The van der Waals surface area contributed by atoms with Crippen molar-refractivity contribution in [1.82, 2.24) is 0 Å². The van der Waals surface area contributed by atoms with Gasteiger partial charge in [-0.1, -0.05) is 15.9 Å². The largest absolute Gasteiger partial charge is 0.460 e. The summed E-state index contributed by atoms with van der Waals surface area (Å²) < 4.78 is 39.6. The Morgan fingerprint density at radius 1 is 1.43 bits per heavy atom. The van der Waals surface area contributed by atoms with E-state index in [0.29, 0.717) is 0 Å². The van der Waals surface area contributed by atoms with Crippen LogP contribution in [0.25, 0.3) is 0 Å². The Kier molecular flexibility index (Phi) is 5.11. The summed E-state index contributed by atoms with van der Waals surface area (Å²) in [7, 11) is 0. The Morgan fingerprint density at radius 2 is 1.93 bits per heavy atom. The van der Waals surface area contributed by atoms with E-state index in [1.54, 1.807) is 0 Å². The Morgan fingerprint density at radius 3 is 2.29 bits per heavy atom. The maximum atomic E-state index is 11.8. The van der Waals surface area contributed by atoms with Crippen molar-refractivity contribution in [3.05, 3.63) is 0 Å². The first-order chi connectivity index (χ1) is 6.28. The smallest absolute Gasteiger partial charge is 0.390 e. The number of rotatable bonds is 4. The van der Waals surface area contributed by atoms with Gasteiger partial charge in [0, 0.05) is 0 Å². The van der Waals surface area contributed by atoms with Gasteiger partial charge < -0.3 is 4.74 Å². The van der Waals surface area contributed by atoms with Crippen LogP contribution >= 0.6 is 15.9 Å². The van der Waals surface area contributed by atoms with Gasteiger partial charge in [-0.15, -0.1) is 0 Å². The van der Waals surface area contributed by atoms with E-state index in [0.717, 1.165) is 0 Å². The first-order valence-corrected chi connectivity index (χ1v) is 4.61. The maximum absolute atomic E-state index is 11.8. The number of Topliss-reactive ketones (excluding diaryl/α,β-unsaturated/α-hetero) is 1. The van der Waals surface area contributed by atoms with Gasteiger partial charge in [0.15, 0.2) is 0 Å². The monoisotopic (exact) mass is 276 g/mol. The van der Waals surface area contributed by atoms with E-state index in [1.807, 2.05) is 0 Å². The number of carbonyl (C=O) groups excluding carboxylic acids is 2. The lowest BCUT2D eigenvalue weighted by atomic mass is 10.2. The van der Waals surface area contributed by atoms with E-state index >= 15 is 0 Å². The van der Waals surface area contributed by atoms with Gasteiger partial charge in [0.2, 0.25) is 0 Å². The minimum Gasteiger partial charge on any atom is -0.460 e. The normalized spacial score (nSPS) is 13.5. The molecule has 0 aliphatic rings. The standard InChI is InChI=1S/C7H8BrF3O3/c1-2-14-6(13)5(12)4(8)3-7(9,10)11/h4H,2-3H2,1H3. The number of ketones is 1. The van der Waals surface area contributed by atoms with Crippen molar-refractivity contribution in [2.75, 3.05) is 6.61 Å². The van der Waals surface area contributed by atoms with Crippen molar-refractivity contribution in [2.45, 2.75) is 24.3 Å². The highest BCUT2D eigenvalue weighted by molar-refractivity contribution is 9.10. The van der Waals surface area contributed by atoms with E-state index in [2.05, 4.69) is 20.7 Å². The zero-order valence-electron chi connectivity index (χ0n) is 7.23. The number of hydrogen-bond acceptors (Lipinski definition) is 3. The highest BCUT2D eigenvalue weighted by Gasteiger charge is 2.36. The molecule has 0 heterocycles. The maximum Gasteiger partial charge on any atom is 0.390 e. The van der Waals surface area contributed by atoms with Crippen molar-refractivity contribution >= 4 is 27.7 Å². The molecule has 0 aromatic carbocycles. The van der Waals surface area contributed by atoms with Gasteiger partial charge in [0.25, 0.3) is 5.78 Å². The van der Waals surface area contributed by atoms with E-state index in [9.17, 15) is 22.8 Å². The fourth-order valence-electron chi connectivity index (χ4n) is 0.626. The third kappa shape index (κ3) is 5.21. The number of esters is 1. The zero-order valence-corrected chi connectivity index (χ0v) is 8.81. The van der Waals surface area contributed by atoms with E-state index in [1.165, 1.54) is 6.92 Å². The average molecular weight is 277 g/mol. The van der Waals surface area contributed by atoms with Gasteiger partial charge in [-0.3, -0.25) is 4.79 Å². The second kappa shape index (κ2) is 5.33. The molecule has 0 aromatic heterocycles. The topological polar surface area (TPSA) is 43.4 Å². The lowest BCUT2D eigenvalue weighted by Crippen LogP contribution is -2.30. The Hall–Kier alpha value is -0.590. The SMILES string of the molecule is CCOC(=O)C(=O)C(Br)CC(F)(F)F. The lowest BCUT2D eigenvalue weighted by molar-refractivity contribution is -0.157. The molecular weight excluding hydrogens is 269 g/mol. The molecule has 7 heteroatoms. The third-order valence-corrected chi connectivity index (χ3v) is 1.91. The fraction of sp³-hybridized carbons (Fsp3) is 0.714. The molecule has 0 saturated carbocycles. The summed E-state index contributed by atoms with van der Waals surface area (Å²) in [6.07, 6.45) is -5.87. The summed E-state index contributed by atoms with van der Waals surface area (Å²) in [6, 6.07) is 0. The number of alkyl halides is 4. The first kappa shape index (κ1) is 13.4. The van der Waals surface area contributed by atoms with Crippen LogP contribution in [0.1, 0.15) is 13.3 Å². The van der Waals surface area contributed by atoms with Crippen LogP contribution < -0.4 is 0 Å². The lowest BCUT2D eigenvalue weighted by Gasteiger charge is -2.10. The van der Waals surface area contributed by atoms with Crippen molar-refractivity contribution in [3.63, 3.8) is 0 Å². The van der Waals surface area contributed by atoms with Gasteiger partial charge in [-0.25, -0.2) is 4.79 Å². The highest BCUT2D eigenvalue weighted by atomic mass is 79.9. The quantitative estimate of drug-likeness (QED) is 0.447. The summed E-state index contributed by atoms with van der Waals surface area (Å²) in [5.74, 6) is -2.47.